The molecule has 0 unspecified atom stereocenters. The normalized spacial score (nSPS) is 6.78. The average molecular weight is 141 g/mol. The van der Waals surface area contributed by atoms with E-state index in [1.165, 1.54) is 16.3 Å². The van der Waals surface area contributed by atoms with Gasteiger partial charge in [0.2, 0.25) is 16.3 Å². The summed E-state index contributed by atoms with van der Waals surface area (Å²) in [5, 5.41) is 3.05. The molecule has 0 aromatic carbocycles. The Morgan fingerprint density at radius 2 is 1.56 bits per heavy atom. The highest BCUT2D eigenvalue weighted by Crippen LogP contribution is 1.59. The molecule has 0 radical (unpaired) electrons. The highest BCUT2D eigenvalue weighted by Gasteiger charge is 1.69. The molecule has 0 aromatic heterocycles. The smallest absolute Gasteiger partial charge is 0.207 e. The Morgan fingerprint density at radius 1 is 1.22 bits per heavy atom. The third-order valence-corrected chi connectivity index (χ3v) is 0.577. The summed E-state index contributed by atoms with van der Waals surface area (Å²) in [5.41, 5.74) is 0. The minimum Gasteiger partial charge on any atom is -0.310 e. The van der Waals surface area contributed by atoms with E-state index >= 15 is 0 Å². The zero-order chi connectivity index (χ0) is 7.54. The van der Waals surface area contributed by atoms with Gasteiger partial charge in [-0.05, 0) is 0 Å². The molecule has 0 rings (SSSR count). The lowest BCUT2D eigenvalue weighted by molar-refractivity contribution is 0.845. The monoisotopic (exact) mass is 141 g/mol. The SMILES string of the molecule is C=CCNCC=C.[CH3][AlH2]. The second kappa shape index (κ2) is 15.7. The van der Waals surface area contributed by atoms with Crippen molar-refractivity contribution in [1.29, 1.82) is 0 Å². The summed E-state index contributed by atoms with van der Waals surface area (Å²) in [6, 6.07) is 0. The molecule has 0 aliphatic carbocycles. The van der Waals surface area contributed by atoms with Crippen molar-refractivity contribution in [2.24, 2.45) is 0 Å². The Bertz CT molecular complexity index is 53.9. The minimum absolute atomic E-state index is 0.867. The van der Waals surface area contributed by atoms with Crippen LogP contribution in [0.2, 0.25) is 5.79 Å². The van der Waals surface area contributed by atoms with Crippen LogP contribution >= 0.6 is 0 Å². The molecule has 0 atom stereocenters. The minimum atomic E-state index is 0.867. The first-order chi connectivity index (χ1) is 4.41. The van der Waals surface area contributed by atoms with E-state index in [0.717, 1.165) is 13.1 Å². The zero-order valence-corrected chi connectivity index (χ0v) is 8.48. The molecular weight excluding hydrogens is 125 g/mol. The summed E-state index contributed by atoms with van der Waals surface area (Å²) in [6.07, 6.45) is 3.65. The van der Waals surface area contributed by atoms with Gasteiger partial charge in [-0.1, -0.05) is 12.2 Å². The first-order valence-corrected chi connectivity index (χ1v) is 5.34. The van der Waals surface area contributed by atoms with Gasteiger partial charge in [-0.25, -0.2) is 0 Å². The van der Waals surface area contributed by atoms with Crippen molar-refractivity contribution in [3.05, 3.63) is 25.3 Å². The Hall–Kier alpha value is -0.0275. The Morgan fingerprint density at radius 3 is 1.78 bits per heavy atom. The zero-order valence-electron chi connectivity index (χ0n) is 6.48. The summed E-state index contributed by atoms with van der Waals surface area (Å²) < 4.78 is 0. The van der Waals surface area contributed by atoms with Crippen LogP contribution < -0.4 is 5.32 Å². The maximum absolute atomic E-state index is 3.54. The number of rotatable bonds is 4. The molecule has 52 valence electrons. The van der Waals surface area contributed by atoms with Crippen LogP contribution in [0.15, 0.2) is 25.3 Å². The fraction of sp³-hybridized carbons (Fsp3) is 0.429. The molecule has 0 saturated heterocycles. The molecule has 0 aliphatic rings. The van der Waals surface area contributed by atoms with Crippen LogP contribution in [0.5, 0.6) is 0 Å². The number of hydrogen-bond donors (Lipinski definition) is 1. The highest BCUT2D eigenvalue weighted by atomic mass is 27.0. The average Bonchev–Trinajstić information content (AvgIpc) is 1.94. The van der Waals surface area contributed by atoms with E-state index in [9.17, 15) is 0 Å². The third kappa shape index (κ3) is 18.0. The molecular formula is C7H16AlN. The van der Waals surface area contributed by atoms with Crippen LogP contribution in [-0.4, -0.2) is 29.4 Å². The summed E-state index contributed by atoms with van der Waals surface area (Å²) in [5.74, 6) is 2.14. The molecule has 1 nitrogen and oxygen atoms in total. The molecule has 1 N–H and O–H groups in total. The first-order valence-electron chi connectivity index (χ1n) is 3.34. The Kier molecular flexibility index (Phi) is 20.4. The highest BCUT2D eigenvalue weighted by molar-refractivity contribution is 6.05. The molecule has 0 fully saturated rings. The second-order valence-electron chi connectivity index (χ2n) is 1.24. The largest absolute Gasteiger partial charge is 0.310 e. The fourth-order valence-electron chi connectivity index (χ4n) is 0.287. The van der Waals surface area contributed by atoms with Gasteiger partial charge in [0.15, 0.2) is 0 Å². The van der Waals surface area contributed by atoms with Crippen molar-refractivity contribution in [3.8, 4) is 0 Å². The summed E-state index contributed by atoms with van der Waals surface area (Å²) >= 11 is 1.31. The second-order valence-corrected chi connectivity index (χ2v) is 1.24. The molecule has 0 spiro atoms. The van der Waals surface area contributed by atoms with Gasteiger partial charge < -0.3 is 5.32 Å². The van der Waals surface area contributed by atoms with E-state index in [1.807, 2.05) is 12.2 Å². The van der Waals surface area contributed by atoms with E-state index < -0.39 is 0 Å². The van der Waals surface area contributed by atoms with Gasteiger partial charge in [-0.3, -0.25) is 0 Å². The lowest BCUT2D eigenvalue weighted by atomic mass is 10.5. The number of nitrogens with one attached hydrogen (secondary N) is 1. The maximum atomic E-state index is 3.54. The van der Waals surface area contributed by atoms with Crippen molar-refractivity contribution in [2.75, 3.05) is 13.1 Å². The third-order valence-electron chi connectivity index (χ3n) is 0.577. The van der Waals surface area contributed by atoms with E-state index in [1.54, 1.807) is 0 Å². The molecule has 9 heavy (non-hydrogen) atoms. The van der Waals surface area contributed by atoms with E-state index in [-0.39, 0.29) is 0 Å². The van der Waals surface area contributed by atoms with Gasteiger partial charge >= 0.3 is 0 Å². The Labute approximate surface area is 66.3 Å². The van der Waals surface area contributed by atoms with Crippen LogP contribution in [0.25, 0.3) is 0 Å². The molecule has 2 heteroatoms. The van der Waals surface area contributed by atoms with Crippen molar-refractivity contribution in [3.63, 3.8) is 0 Å². The van der Waals surface area contributed by atoms with Crippen LogP contribution in [0, 0.1) is 0 Å². The number of hydrogen-bond acceptors (Lipinski definition) is 1. The topological polar surface area (TPSA) is 12.0 Å². The fourth-order valence-corrected chi connectivity index (χ4v) is 0.287. The van der Waals surface area contributed by atoms with Crippen LogP contribution in [0.1, 0.15) is 0 Å². The molecule has 0 aliphatic heterocycles. The van der Waals surface area contributed by atoms with Gasteiger partial charge in [0.25, 0.3) is 0 Å². The van der Waals surface area contributed by atoms with Gasteiger partial charge in [0.05, 0.1) is 0 Å². The predicted molar refractivity (Wildman–Crippen MR) is 47.7 cm³/mol. The molecule has 0 heterocycles. The van der Waals surface area contributed by atoms with Crippen LogP contribution in [0.3, 0.4) is 0 Å². The lowest BCUT2D eigenvalue weighted by Crippen LogP contribution is -2.11. The van der Waals surface area contributed by atoms with Gasteiger partial charge in [-0.2, -0.15) is 0 Å². The molecule has 0 saturated carbocycles. The lowest BCUT2D eigenvalue weighted by Gasteiger charge is -1.90. The van der Waals surface area contributed by atoms with Crippen molar-refractivity contribution < 1.29 is 0 Å². The predicted octanol–water partition coefficient (Wildman–Crippen LogP) is 0.616. The van der Waals surface area contributed by atoms with Crippen molar-refractivity contribution in [1.82, 2.24) is 5.32 Å². The van der Waals surface area contributed by atoms with E-state index in [2.05, 4.69) is 24.3 Å². The van der Waals surface area contributed by atoms with Crippen LogP contribution in [-0.2, 0) is 0 Å². The maximum Gasteiger partial charge on any atom is 0.207 e. The summed E-state index contributed by atoms with van der Waals surface area (Å²) in [7, 11) is 0. The van der Waals surface area contributed by atoms with Crippen molar-refractivity contribution in [2.45, 2.75) is 5.79 Å². The van der Waals surface area contributed by atoms with Crippen LogP contribution in [0.4, 0.5) is 0 Å². The van der Waals surface area contributed by atoms with E-state index in [4.69, 9.17) is 0 Å². The molecule has 0 aromatic rings. The van der Waals surface area contributed by atoms with Gasteiger partial charge in [0, 0.05) is 13.1 Å². The summed E-state index contributed by atoms with van der Waals surface area (Å²) in [6.45, 7) is 8.81. The van der Waals surface area contributed by atoms with Gasteiger partial charge in [0.1, 0.15) is 0 Å². The Balaban J connectivity index is 0. The van der Waals surface area contributed by atoms with Crippen molar-refractivity contribution >= 4 is 16.3 Å². The van der Waals surface area contributed by atoms with E-state index in [0.29, 0.717) is 0 Å². The quantitative estimate of drug-likeness (QED) is 0.344. The summed E-state index contributed by atoms with van der Waals surface area (Å²) in [4.78, 5) is 0. The van der Waals surface area contributed by atoms with Gasteiger partial charge in [-0.15, -0.1) is 18.9 Å². The molecule has 0 amide bonds. The first kappa shape index (κ1) is 11.7. The molecule has 0 bridgehead atoms. The standard InChI is InChI=1S/C6H11N.CH3.Al.2H/c1-3-5-7-6-4-2;;;;/h3-4,7H,1-2,5-6H2;1H3;;;.